The fourth-order valence-electron chi connectivity index (χ4n) is 3.89. The molecule has 0 aliphatic rings. The molecule has 0 unspecified atom stereocenters. The molecule has 2 rings (SSSR count). The van der Waals surface area contributed by atoms with Crippen molar-refractivity contribution in [1.29, 1.82) is 0 Å². The summed E-state index contributed by atoms with van der Waals surface area (Å²) in [6.45, 7) is 0. The van der Waals surface area contributed by atoms with E-state index in [9.17, 15) is 0 Å². The summed E-state index contributed by atoms with van der Waals surface area (Å²) in [6, 6.07) is 21.8. The Kier molecular flexibility index (Phi) is 12.5. The third kappa shape index (κ3) is 11.7. The van der Waals surface area contributed by atoms with Crippen LogP contribution in [0, 0.1) is 0 Å². The van der Waals surface area contributed by atoms with Crippen LogP contribution in [0.4, 0.5) is 0 Å². The van der Waals surface area contributed by atoms with Crippen LogP contribution in [0.1, 0.15) is 94.6 Å². The van der Waals surface area contributed by atoms with E-state index in [1.54, 1.807) is 0 Å². The van der Waals surface area contributed by atoms with Crippen molar-refractivity contribution in [2.24, 2.45) is 0 Å². The Balaban J connectivity index is 1.26. The number of benzene rings is 2. The monoisotopic (exact) mass is 364 g/mol. The highest BCUT2D eigenvalue weighted by Crippen LogP contribution is 2.14. The highest BCUT2D eigenvalue weighted by Gasteiger charge is 1.96. The Morgan fingerprint density at radius 3 is 0.852 bits per heavy atom. The van der Waals surface area contributed by atoms with Crippen LogP contribution < -0.4 is 0 Å². The molecule has 0 heteroatoms. The Bertz CT molecular complexity index is 491. The molecule has 2 aromatic carbocycles. The standard InChI is InChI=1S/C27H40/c1(2-4-6-8-10-14-20-26-22-16-12-17-23-26)3-5-7-9-11-15-21-27-24-18-13-19-25-27/h12-13,16-19,22-25H,1-11,14-15,20-21H2. The minimum absolute atomic E-state index is 1.26. The predicted molar refractivity (Wildman–Crippen MR) is 120 cm³/mol. The first-order valence-electron chi connectivity index (χ1n) is 11.5. The second kappa shape index (κ2) is 15.5. The van der Waals surface area contributed by atoms with Gasteiger partial charge in [-0.15, -0.1) is 0 Å². The van der Waals surface area contributed by atoms with Crippen LogP contribution >= 0.6 is 0 Å². The molecule has 0 atom stereocenters. The summed E-state index contributed by atoms with van der Waals surface area (Å²) in [4.78, 5) is 0. The summed E-state index contributed by atoms with van der Waals surface area (Å²) in [5, 5.41) is 0. The fraction of sp³-hybridized carbons (Fsp3) is 0.556. The molecule has 0 aliphatic carbocycles. The Morgan fingerprint density at radius 1 is 0.296 bits per heavy atom. The van der Waals surface area contributed by atoms with Gasteiger partial charge < -0.3 is 0 Å². The second-order valence-corrected chi connectivity index (χ2v) is 8.07. The molecule has 0 N–H and O–H groups in total. The zero-order valence-corrected chi connectivity index (χ0v) is 17.4. The van der Waals surface area contributed by atoms with Crippen LogP contribution in [0.3, 0.4) is 0 Å². The molecule has 0 heterocycles. The second-order valence-electron chi connectivity index (χ2n) is 8.07. The minimum Gasteiger partial charge on any atom is -0.0622 e. The highest BCUT2D eigenvalue weighted by atomic mass is 14.0. The third-order valence-corrected chi connectivity index (χ3v) is 5.62. The zero-order valence-electron chi connectivity index (χ0n) is 17.4. The van der Waals surface area contributed by atoms with Gasteiger partial charge in [0.1, 0.15) is 0 Å². The summed E-state index contributed by atoms with van der Waals surface area (Å²) >= 11 is 0. The molecular formula is C27H40. The molecule has 148 valence electrons. The van der Waals surface area contributed by atoms with E-state index in [-0.39, 0.29) is 0 Å². The van der Waals surface area contributed by atoms with Crippen molar-refractivity contribution in [3.05, 3.63) is 71.8 Å². The average molecular weight is 365 g/mol. The van der Waals surface area contributed by atoms with E-state index >= 15 is 0 Å². The van der Waals surface area contributed by atoms with E-state index in [1.165, 1.54) is 107 Å². The van der Waals surface area contributed by atoms with Gasteiger partial charge in [-0.3, -0.25) is 0 Å². The average Bonchev–Trinajstić information content (AvgIpc) is 2.72. The molecule has 0 nitrogen and oxygen atoms in total. The number of aryl methyl sites for hydroxylation is 2. The molecule has 2 aromatic rings. The highest BCUT2D eigenvalue weighted by molar-refractivity contribution is 5.15. The quantitative estimate of drug-likeness (QED) is 0.262. The van der Waals surface area contributed by atoms with Crippen LogP contribution in [0.5, 0.6) is 0 Å². The number of hydrogen-bond donors (Lipinski definition) is 0. The van der Waals surface area contributed by atoms with E-state index < -0.39 is 0 Å². The van der Waals surface area contributed by atoms with Gasteiger partial charge in [-0.2, -0.15) is 0 Å². The van der Waals surface area contributed by atoms with Gasteiger partial charge in [0.05, 0.1) is 0 Å². The maximum absolute atomic E-state index is 2.25. The van der Waals surface area contributed by atoms with E-state index in [2.05, 4.69) is 60.7 Å². The van der Waals surface area contributed by atoms with Crippen molar-refractivity contribution >= 4 is 0 Å². The lowest BCUT2D eigenvalue weighted by molar-refractivity contribution is 0.536. The van der Waals surface area contributed by atoms with Crippen LogP contribution in [-0.4, -0.2) is 0 Å². The van der Waals surface area contributed by atoms with Crippen molar-refractivity contribution < 1.29 is 0 Å². The number of rotatable bonds is 16. The van der Waals surface area contributed by atoms with Crippen molar-refractivity contribution in [2.75, 3.05) is 0 Å². The summed E-state index contributed by atoms with van der Waals surface area (Å²) in [7, 11) is 0. The predicted octanol–water partition coefficient (Wildman–Crippen LogP) is 8.54. The minimum atomic E-state index is 1.26. The first-order chi connectivity index (χ1) is 13.4. The SMILES string of the molecule is c1ccc(CCCCCCCCCCCCCCCc2ccccc2)cc1. The molecule has 0 saturated carbocycles. The van der Waals surface area contributed by atoms with E-state index in [1.807, 2.05) is 0 Å². The van der Waals surface area contributed by atoms with Gasteiger partial charge in [-0.25, -0.2) is 0 Å². The van der Waals surface area contributed by atoms with E-state index in [0.717, 1.165) is 0 Å². The fourth-order valence-corrected chi connectivity index (χ4v) is 3.89. The zero-order chi connectivity index (χ0) is 18.8. The number of unbranched alkanes of at least 4 members (excludes halogenated alkanes) is 12. The van der Waals surface area contributed by atoms with Gasteiger partial charge in [0.15, 0.2) is 0 Å². The third-order valence-electron chi connectivity index (χ3n) is 5.62. The van der Waals surface area contributed by atoms with Gasteiger partial charge in [0, 0.05) is 0 Å². The lowest BCUT2D eigenvalue weighted by Crippen LogP contribution is -1.87. The van der Waals surface area contributed by atoms with Gasteiger partial charge in [0.2, 0.25) is 0 Å². The topological polar surface area (TPSA) is 0 Å². The Hall–Kier alpha value is -1.56. The lowest BCUT2D eigenvalue weighted by atomic mass is 10.0. The van der Waals surface area contributed by atoms with Gasteiger partial charge in [-0.1, -0.05) is 131 Å². The molecule has 0 aromatic heterocycles. The van der Waals surface area contributed by atoms with Crippen molar-refractivity contribution in [3.8, 4) is 0 Å². The van der Waals surface area contributed by atoms with Crippen LogP contribution in [-0.2, 0) is 12.8 Å². The van der Waals surface area contributed by atoms with Crippen molar-refractivity contribution in [1.82, 2.24) is 0 Å². The number of hydrogen-bond acceptors (Lipinski definition) is 0. The molecule has 0 fully saturated rings. The maximum atomic E-state index is 2.25. The maximum Gasteiger partial charge on any atom is -0.0279 e. The summed E-state index contributed by atoms with van der Waals surface area (Å²) < 4.78 is 0. The molecular weight excluding hydrogens is 324 g/mol. The first kappa shape index (κ1) is 21.7. The van der Waals surface area contributed by atoms with Crippen molar-refractivity contribution in [2.45, 2.75) is 96.3 Å². The van der Waals surface area contributed by atoms with Crippen LogP contribution in [0.25, 0.3) is 0 Å². The van der Waals surface area contributed by atoms with E-state index in [0.29, 0.717) is 0 Å². The lowest BCUT2D eigenvalue weighted by Gasteiger charge is -2.04. The summed E-state index contributed by atoms with van der Waals surface area (Å²) in [6.07, 6.45) is 21.0. The van der Waals surface area contributed by atoms with E-state index in [4.69, 9.17) is 0 Å². The van der Waals surface area contributed by atoms with Crippen LogP contribution in [0.2, 0.25) is 0 Å². The smallest absolute Gasteiger partial charge is 0.0279 e. The van der Waals surface area contributed by atoms with Gasteiger partial charge >= 0.3 is 0 Å². The molecule has 0 aliphatic heterocycles. The molecule has 27 heavy (non-hydrogen) atoms. The van der Waals surface area contributed by atoms with Crippen molar-refractivity contribution in [3.63, 3.8) is 0 Å². The Labute approximate surface area is 168 Å². The van der Waals surface area contributed by atoms with Crippen LogP contribution in [0.15, 0.2) is 60.7 Å². The normalized spacial score (nSPS) is 11.0. The van der Waals surface area contributed by atoms with Gasteiger partial charge in [0.25, 0.3) is 0 Å². The summed E-state index contributed by atoms with van der Waals surface area (Å²) in [5.41, 5.74) is 3.00. The summed E-state index contributed by atoms with van der Waals surface area (Å²) in [5.74, 6) is 0. The molecule has 0 radical (unpaired) electrons. The molecule has 0 amide bonds. The van der Waals surface area contributed by atoms with Gasteiger partial charge in [-0.05, 0) is 36.8 Å². The molecule has 0 spiro atoms. The Morgan fingerprint density at radius 2 is 0.556 bits per heavy atom. The molecule has 0 saturated heterocycles. The largest absolute Gasteiger partial charge is 0.0622 e. The first-order valence-corrected chi connectivity index (χ1v) is 11.5. The molecule has 0 bridgehead atoms.